The van der Waals surface area contributed by atoms with Crippen LogP contribution >= 0.6 is 45.3 Å². The lowest BCUT2D eigenvalue weighted by Crippen LogP contribution is -2.25. The van der Waals surface area contributed by atoms with Gasteiger partial charge in [-0.3, -0.25) is 0 Å². The maximum Gasteiger partial charge on any atom is 0.0489 e. The molecular formula is C53H84S4. The first-order valence-corrected chi connectivity index (χ1v) is 27.3. The van der Waals surface area contributed by atoms with Crippen molar-refractivity contribution in [3.8, 4) is 19.5 Å². The number of thiophene rings is 4. The van der Waals surface area contributed by atoms with E-state index in [0.717, 1.165) is 11.8 Å². The van der Waals surface area contributed by atoms with Gasteiger partial charge in [0.15, 0.2) is 0 Å². The number of hydrogen-bond donors (Lipinski definition) is 0. The van der Waals surface area contributed by atoms with Crippen LogP contribution in [0.5, 0.6) is 0 Å². The molecule has 0 fully saturated rings. The molecule has 1 aliphatic carbocycles. The van der Waals surface area contributed by atoms with Crippen LogP contribution in [0.3, 0.4) is 0 Å². The Bertz CT molecular complexity index is 1560. The molecule has 5 rings (SSSR count). The molecule has 4 aromatic heterocycles. The molecule has 57 heavy (non-hydrogen) atoms. The maximum atomic E-state index is 2.55. The molecule has 320 valence electrons. The molecule has 2 unspecified atom stereocenters. The topological polar surface area (TPSA) is 0 Å². The van der Waals surface area contributed by atoms with E-state index in [2.05, 4.69) is 93.5 Å². The molecule has 0 amide bonds. The van der Waals surface area contributed by atoms with Crippen LogP contribution in [0.1, 0.15) is 225 Å². The van der Waals surface area contributed by atoms with Crippen molar-refractivity contribution >= 4 is 45.3 Å². The van der Waals surface area contributed by atoms with E-state index in [1.807, 2.05) is 45.3 Å². The summed E-state index contributed by atoms with van der Waals surface area (Å²) in [5.74, 6) is 1.68. The Morgan fingerprint density at radius 1 is 0.404 bits per heavy atom. The Morgan fingerprint density at radius 2 is 0.737 bits per heavy atom. The van der Waals surface area contributed by atoms with E-state index in [1.54, 1.807) is 41.8 Å². The summed E-state index contributed by atoms with van der Waals surface area (Å²) >= 11 is 8.16. The van der Waals surface area contributed by atoms with Crippen molar-refractivity contribution in [2.45, 2.75) is 229 Å². The van der Waals surface area contributed by atoms with Crippen molar-refractivity contribution in [3.63, 3.8) is 0 Å². The third kappa shape index (κ3) is 13.9. The average molecular weight is 850 g/mol. The molecule has 4 aromatic rings. The third-order valence-electron chi connectivity index (χ3n) is 13.0. The van der Waals surface area contributed by atoms with E-state index in [-0.39, 0.29) is 0 Å². The van der Waals surface area contributed by atoms with Crippen LogP contribution in [0.25, 0.3) is 19.5 Å². The van der Waals surface area contributed by atoms with Crippen LogP contribution in [0.2, 0.25) is 0 Å². The summed E-state index contributed by atoms with van der Waals surface area (Å²) in [5, 5.41) is 0. The normalized spacial score (nSPS) is 14.1. The Kier molecular flexibility index (Phi) is 21.7. The predicted molar refractivity (Wildman–Crippen MR) is 265 cm³/mol. The van der Waals surface area contributed by atoms with E-state index in [9.17, 15) is 0 Å². The van der Waals surface area contributed by atoms with Crippen LogP contribution in [0, 0.1) is 39.5 Å². The summed E-state index contributed by atoms with van der Waals surface area (Å²) in [6.07, 6.45) is 32.8. The van der Waals surface area contributed by atoms with E-state index in [0.29, 0.717) is 5.41 Å². The van der Waals surface area contributed by atoms with Crippen molar-refractivity contribution in [2.24, 2.45) is 11.8 Å². The van der Waals surface area contributed by atoms with Gasteiger partial charge in [-0.1, -0.05) is 170 Å². The molecule has 1 aliphatic rings. The molecule has 0 N–H and O–H groups in total. The van der Waals surface area contributed by atoms with E-state index < -0.39 is 0 Å². The van der Waals surface area contributed by atoms with E-state index in [4.69, 9.17) is 0 Å². The maximum absolute atomic E-state index is 2.55. The lowest BCUT2D eigenvalue weighted by Gasteiger charge is -2.31. The van der Waals surface area contributed by atoms with Gasteiger partial charge in [-0.05, 0) is 112 Å². The number of fused-ring (bicyclic) bond motifs is 3. The highest BCUT2D eigenvalue weighted by Gasteiger charge is 2.44. The predicted octanol–water partition coefficient (Wildman–Crippen LogP) is 19.8. The van der Waals surface area contributed by atoms with Crippen molar-refractivity contribution in [1.82, 2.24) is 0 Å². The second kappa shape index (κ2) is 25.5. The van der Waals surface area contributed by atoms with Gasteiger partial charge in [-0.25, -0.2) is 0 Å². The standard InChI is InChI=1S/C27H42S2.C26H42S2/c1-5-7-9-11-13-15-17-27(18-16-14-12-10-8-6-2)23-19-21(3)28-25(23)26-24(27)20-22(4)29-26;1-7-11-13-21(9-3)17-23-15-19(5)27-25(23)26-24(16-20(6)28-26)18-22(10-4)14-12-8-2/h19-20H,5-18H2,1-4H3;15-16,21-22H,7-14,17-18H2,1-6H3. The van der Waals surface area contributed by atoms with Gasteiger partial charge in [0.05, 0.1) is 0 Å². The van der Waals surface area contributed by atoms with Crippen molar-refractivity contribution in [3.05, 3.63) is 66.0 Å². The molecule has 2 atom stereocenters. The average Bonchev–Trinajstić information content (AvgIpc) is 4.00. The fraction of sp³-hybridized carbons (Fsp3) is 0.698. The van der Waals surface area contributed by atoms with Crippen LogP contribution in [-0.4, -0.2) is 0 Å². The largest absolute Gasteiger partial charge is 0.139 e. The van der Waals surface area contributed by atoms with E-state index in [1.165, 1.54) is 174 Å². The zero-order chi connectivity index (χ0) is 41.2. The van der Waals surface area contributed by atoms with Gasteiger partial charge >= 0.3 is 0 Å². The highest BCUT2D eigenvalue weighted by molar-refractivity contribution is 7.23. The van der Waals surface area contributed by atoms with Gasteiger partial charge in [-0.2, -0.15) is 0 Å². The minimum Gasteiger partial charge on any atom is -0.139 e. The summed E-state index contributed by atoms with van der Waals surface area (Å²) in [6.45, 7) is 23.2. The van der Waals surface area contributed by atoms with Crippen LogP contribution < -0.4 is 0 Å². The van der Waals surface area contributed by atoms with Gasteiger partial charge in [0.25, 0.3) is 0 Å². The number of aryl methyl sites for hydroxylation is 4. The molecule has 0 bridgehead atoms. The number of unbranched alkanes of at least 4 members (excludes halogenated alkanes) is 12. The molecule has 4 heterocycles. The Hall–Kier alpha value is -1.20. The summed E-state index contributed by atoms with van der Waals surface area (Å²) in [5.41, 5.74) is 6.95. The van der Waals surface area contributed by atoms with Gasteiger partial charge in [-0.15, -0.1) is 45.3 Å². The molecule has 0 spiro atoms. The van der Waals surface area contributed by atoms with Crippen molar-refractivity contribution < 1.29 is 0 Å². The zero-order valence-corrected chi connectivity index (χ0v) is 41.8. The minimum absolute atomic E-state index is 0.315. The number of rotatable bonds is 27. The fourth-order valence-corrected chi connectivity index (χ4v) is 14.3. The minimum atomic E-state index is 0.315. The molecular weight excluding hydrogens is 765 g/mol. The molecule has 0 aliphatic heterocycles. The monoisotopic (exact) mass is 849 g/mol. The summed E-state index contributed by atoms with van der Waals surface area (Å²) in [6, 6.07) is 10.1. The van der Waals surface area contributed by atoms with Crippen molar-refractivity contribution in [2.75, 3.05) is 0 Å². The van der Waals surface area contributed by atoms with Gasteiger partial charge in [0, 0.05) is 44.4 Å². The van der Waals surface area contributed by atoms with Crippen LogP contribution in [0.15, 0.2) is 24.3 Å². The Morgan fingerprint density at radius 3 is 1.11 bits per heavy atom. The molecule has 0 nitrogen and oxygen atoms in total. The zero-order valence-electron chi connectivity index (χ0n) is 38.6. The molecule has 0 saturated heterocycles. The summed E-state index contributed by atoms with van der Waals surface area (Å²) in [4.78, 5) is 12.4. The Balaban J connectivity index is 0.000000253. The first kappa shape index (κ1) is 48.5. The molecule has 0 saturated carbocycles. The quantitative estimate of drug-likeness (QED) is 0.0525. The first-order valence-electron chi connectivity index (χ1n) is 24.0. The molecule has 4 heteroatoms. The molecule has 0 radical (unpaired) electrons. The van der Waals surface area contributed by atoms with Gasteiger partial charge < -0.3 is 0 Å². The van der Waals surface area contributed by atoms with Crippen LogP contribution in [0.4, 0.5) is 0 Å². The lowest BCUT2D eigenvalue weighted by atomic mass is 9.71. The summed E-state index contributed by atoms with van der Waals surface area (Å²) in [7, 11) is 0. The molecule has 0 aromatic carbocycles. The summed E-state index contributed by atoms with van der Waals surface area (Å²) < 4.78 is 0. The number of hydrogen-bond acceptors (Lipinski definition) is 4. The van der Waals surface area contributed by atoms with Gasteiger partial charge in [0.1, 0.15) is 0 Å². The lowest BCUT2D eigenvalue weighted by molar-refractivity contribution is 0.398. The third-order valence-corrected chi connectivity index (χ3v) is 17.7. The second-order valence-corrected chi connectivity index (χ2v) is 23.0. The van der Waals surface area contributed by atoms with E-state index >= 15 is 0 Å². The Labute approximate surface area is 369 Å². The smallest absolute Gasteiger partial charge is 0.0489 e. The van der Waals surface area contributed by atoms with Crippen LogP contribution in [-0.2, 0) is 18.3 Å². The fourth-order valence-electron chi connectivity index (χ4n) is 9.63. The SMILES string of the molecule is CCCCC(CC)Cc1cc(C)sc1-c1sc(C)cc1CC(CC)CCCC.CCCCCCCCC1(CCCCCCCC)c2cc(C)sc2-c2sc(C)cc21. The second-order valence-electron chi connectivity index (χ2n) is 18.0. The van der Waals surface area contributed by atoms with Crippen molar-refractivity contribution in [1.29, 1.82) is 0 Å². The van der Waals surface area contributed by atoms with Gasteiger partial charge in [0.2, 0.25) is 0 Å². The first-order chi connectivity index (χ1) is 27.6. The highest BCUT2D eigenvalue weighted by Crippen LogP contribution is 2.59. The highest BCUT2D eigenvalue weighted by atomic mass is 32.1.